The van der Waals surface area contributed by atoms with Gasteiger partial charge >= 0.3 is 12.3 Å². The smallest absolute Gasteiger partial charge is 0.387 e. The Balaban J connectivity index is 1.83. The summed E-state index contributed by atoms with van der Waals surface area (Å²) < 4.78 is 68.9. The van der Waals surface area contributed by atoms with Crippen molar-refractivity contribution in [3.8, 4) is 17.2 Å². The van der Waals surface area contributed by atoms with E-state index in [4.69, 9.17) is 9.47 Å². The summed E-state index contributed by atoms with van der Waals surface area (Å²) in [6, 6.07) is 7.99. The van der Waals surface area contributed by atoms with Crippen molar-refractivity contribution in [1.29, 1.82) is 0 Å². The summed E-state index contributed by atoms with van der Waals surface area (Å²) in [7, 11) is 1.27. The van der Waals surface area contributed by atoms with Crippen molar-refractivity contribution in [3.05, 3.63) is 62.8 Å². The van der Waals surface area contributed by atoms with E-state index in [0.717, 1.165) is 11.0 Å². The van der Waals surface area contributed by atoms with Crippen LogP contribution in [0.1, 0.15) is 24.4 Å². The van der Waals surface area contributed by atoms with Gasteiger partial charge < -0.3 is 19.1 Å². The number of ether oxygens (including phenoxy) is 3. The molecule has 210 valence electrons. The van der Waals surface area contributed by atoms with Crippen molar-refractivity contribution in [2.75, 3.05) is 33.5 Å². The maximum absolute atomic E-state index is 13.7. The second kappa shape index (κ2) is 12.2. The molecule has 0 unspecified atom stereocenters. The van der Waals surface area contributed by atoms with Gasteiger partial charge in [-0.3, -0.25) is 18.7 Å². The molecule has 1 amide bonds. The van der Waals surface area contributed by atoms with Crippen LogP contribution < -0.4 is 25.5 Å². The fraction of sp³-hybridized carbons (Fsp3) is 0.423. The normalized spacial score (nSPS) is 14.3. The summed E-state index contributed by atoms with van der Waals surface area (Å²) in [4.78, 5) is 40.1. The minimum absolute atomic E-state index is 0.0117. The van der Waals surface area contributed by atoms with Gasteiger partial charge in [-0.05, 0) is 48.7 Å². The molecule has 0 radical (unpaired) electrons. The molecule has 0 spiro atoms. The third-order valence-corrected chi connectivity index (χ3v) is 6.59. The summed E-state index contributed by atoms with van der Waals surface area (Å²) in [5.41, 5.74) is -0.570. The van der Waals surface area contributed by atoms with E-state index >= 15 is 0 Å². The Morgan fingerprint density at radius 3 is 2.33 bits per heavy atom. The topological polar surface area (TPSA) is 92.0 Å². The van der Waals surface area contributed by atoms with Gasteiger partial charge in [0.2, 0.25) is 6.41 Å². The van der Waals surface area contributed by atoms with E-state index in [1.54, 1.807) is 4.90 Å². The van der Waals surface area contributed by atoms with Gasteiger partial charge in [-0.1, -0.05) is 6.07 Å². The van der Waals surface area contributed by atoms with Gasteiger partial charge in [0.15, 0.2) is 17.6 Å². The van der Waals surface area contributed by atoms with Crippen LogP contribution in [0.15, 0.2) is 46.0 Å². The lowest BCUT2D eigenvalue weighted by Crippen LogP contribution is -2.44. The van der Waals surface area contributed by atoms with Crippen molar-refractivity contribution >= 4 is 17.3 Å². The fourth-order valence-corrected chi connectivity index (χ4v) is 4.66. The van der Waals surface area contributed by atoms with Crippen LogP contribution in [0.2, 0.25) is 0 Å². The number of alkyl halides is 4. The molecule has 0 N–H and O–H groups in total. The number of nitrogens with zero attached hydrogens (tertiary/aromatic N) is 3. The third-order valence-electron chi connectivity index (χ3n) is 6.59. The highest BCUT2D eigenvalue weighted by molar-refractivity contribution is 5.80. The largest absolute Gasteiger partial charge is 0.493 e. The van der Waals surface area contributed by atoms with Crippen LogP contribution in [-0.2, 0) is 11.3 Å². The first kappa shape index (κ1) is 28.0. The van der Waals surface area contributed by atoms with E-state index in [1.165, 1.54) is 48.1 Å². The maximum atomic E-state index is 13.7. The van der Waals surface area contributed by atoms with Crippen LogP contribution in [0.5, 0.6) is 17.2 Å². The number of halogens is 4. The molecule has 0 saturated carbocycles. The number of rotatable bonds is 11. The SMILES string of the molecule is COc1cc(Cn2c(=O)c3cc(OC(CF)CF)ccc3n(C3CCN(C=O)CC3)c2=O)ccc1OC(F)F. The minimum Gasteiger partial charge on any atom is -0.493 e. The molecule has 2 aromatic carbocycles. The fourth-order valence-electron chi connectivity index (χ4n) is 4.66. The number of benzene rings is 2. The molecular weight excluding hydrogens is 526 g/mol. The predicted molar refractivity (Wildman–Crippen MR) is 133 cm³/mol. The molecule has 1 fully saturated rings. The first-order chi connectivity index (χ1) is 18.8. The molecule has 4 rings (SSSR count). The Bertz CT molecular complexity index is 1430. The van der Waals surface area contributed by atoms with E-state index in [1.807, 2.05) is 0 Å². The first-order valence-corrected chi connectivity index (χ1v) is 12.2. The minimum atomic E-state index is -3.07. The number of likely N-dealkylation sites (tertiary alicyclic amines) is 1. The van der Waals surface area contributed by atoms with Gasteiger partial charge in [0.1, 0.15) is 19.1 Å². The Kier molecular flexibility index (Phi) is 8.77. The quantitative estimate of drug-likeness (QED) is 0.267. The highest BCUT2D eigenvalue weighted by Crippen LogP contribution is 2.30. The number of amides is 1. The van der Waals surface area contributed by atoms with E-state index in [-0.39, 0.29) is 35.2 Å². The molecule has 0 aliphatic carbocycles. The number of hydrogen-bond acceptors (Lipinski definition) is 6. The number of methoxy groups -OCH3 is 1. The van der Waals surface area contributed by atoms with E-state index in [9.17, 15) is 31.9 Å². The zero-order valence-electron chi connectivity index (χ0n) is 21.0. The number of carbonyl (C=O) groups is 1. The monoisotopic (exact) mass is 553 g/mol. The molecule has 0 atom stereocenters. The Labute approximate surface area is 220 Å². The average molecular weight is 554 g/mol. The third kappa shape index (κ3) is 6.02. The van der Waals surface area contributed by atoms with Crippen molar-refractivity contribution in [1.82, 2.24) is 14.0 Å². The Morgan fingerprint density at radius 1 is 1.00 bits per heavy atom. The lowest BCUT2D eigenvalue weighted by atomic mass is 10.0. The molecule has 1 aliphatic heterocycles. The summed E-state index contributed by atoms with van der Waals surface area (Å²) >= 11 is 0. The highest BCUT2D eigenvalue weighted by atomic mass is 19.3. The van der Waals surface area contributed by atoms with E-state index < -0.39 is 37.3 Å². The van der Waals surface area contributed by atoms with Gasteiger partial charge in [-0.2, -0.15) is 8.78 Å². The lowest BCUT2D eigenvalue weighted by molar-refractivity contribution is -0.119. The molecule has 39 heavy (non-hydrogen) atoms. The number of hydrogen-bond donors (Lipinski definition) is 0. The Hall–Kier alpha value is -4.03. The molecule has 1 saturated heterocycles. The molecule has 0 bridgehead atoms. The van der Waals surface area contributed by atoms with Crippen LogP contribution in [-0.4, -0.2) is 66.7 Å². The molecular formula is C26H27F4N3O6. The summed E-state index contributed by atoms with van der Waals surface area (Å²) in [6.07, 6.45) is 0.319. The van der Waals surface area contributed by atoms with Gasteiger partial charge in [0, 0.05) is 19.1 Å². The summed E-state index contributed by atoms with van der Waals surface area (Å²) in [5.74, 6) is -0.163. The zero-order chi connectivity index (χ0) is 28.1. The van der Waals surface area contributed by atoms with Crippen molar-refractivity contribution in [3.63, 3.8) is 0 Å². The number of piperidine rings is 1. The molecule has 9 nitrogen and oxygen atoms in total. The second-order valence-corrected chi connectivity index (χ2v) is 9.01. The predicted octanol–water partition coefficient (Wildman–Crippen LogP) is 3.30. The van der Waals surface area contributed by atoms with Crippen LogP contribution in [0.25, 0.3) is 10.9 Å². The van der Waals surface area contributed by atoms with Gasteiger partial charge in [0.05, 0.1) is 24.6 Å². The van der Waals surface area contributed by atoms with Crippen LogP contribution in [0.4, 0.5) is 17.6 Å². The van der Waals surface area contributed by atoms with Gasteiger partial charge in [-0.25, -0.2) is 13.6 Å². The van der Waals surface area contributed by atoms with Gasteiger partial charge in [-0.15, -0.1) is 0 Å². The van der Waals surface area contributed by atoms with E-state index in [2.05, 4.69) is 4.74 Å². The van der Waals surface area contributed by atoms with E-state index in [0.29, 0.717) is 37.0 Å². The molecule has 1 aliphatic rings. The first-order valence-electron chi connectivity index (χ1n) is 12.2. The Morgan fingerprint density at radius 2 is 1.72 bits per heavy atom. The molecule has 1 aromatic heterocycles. The van der Waals surface area contributed by atoms with Crippen molar-refractivity contribution in [2.24, 2.45) is 0 Å². The average Bonchev–Trinajstić information content (AvgIpc) is 2.95. The van der Waals surface area contributed by atoms with Crippen LogP contribution >= 0.6 is 0 Å². The van der Waals surface area contributed by atoms with Gasteiger partial charge in [0.25, 0.3) is 5.56 Å². The van der Waals surface area contributed by atoms with Crippen LogP contribution in [0, 0.1) is 0 Å². The highest BCUT2D eigenvalue weighted by Gasteiger charge is 2.25. The van der Waals surface area contributed by atoms with Crippen molar-refractivity contribution in [2.45, 2.75) is 38.1 Å². The molecule has 2 heterocycles. The van der Waals surface area contributed by atoms with Crippen LogP contribution in [0.3, 0.4) is 0 Å². The molecule has 3 aromatic rings. The molecule has 13 heteroatoms. The number of fused-ring (bicyclic) bond motifs is 1. The number of aromatic nitrogens is 2. The lowest BCUT2D eigenvalue weighted by Gasteiger charge is -2.31. The van der Waals surface area contributed by atoms with Crippen molar-refractivity contribution < 1.29 is 36.6 Å². The zero-order valence-corrected chi connectivity index (χ0v) is 21.0. The summed E-state index contributed by atoms with van der Waals surface area (Å²) in [5, 5.41) is 0.0889. The summed E-state index contributed by atoms with van der Waals surface area (Å²) in [6.45, 7) is -4.60. The number of carbonyl (C=O) groups excluding carboxylic acids is 1. The second-order valence-electron chi connectivity index (χ2n) is 9.01. The standard InChI is InChI=1S/C26H27F4N3O6/c1-37-23-10-16(2-5-22(23)39-25(29)30)14-32-24(35)20-11-18(38-19(12-27)13-28)3-4-21(20)33(26(32)36)17-6-8-31(15-34)9-7-17/h2-5,10-11,15,17,19,25H,6-9,12-14H2,1H3. The maximum Gasteiger partial charge on any atom is 0.387 e.